The van der Waals surface area contributed by atoms with Gasteiger partial charge in [0.25, 0.3) is 5.91 Å². The maximum atomic E-state index is 12.8. The minimum atomic E-state index is -0.300. The van der Waals surface area contributed by atoms with E-state index in [1.165, 1.54) is 6.08 Å². The molecule has 5 heteroatoms. The average Bonchev–Trinajstić information content (AvgIpc) is 2.74. The van der Waals surface area contributed by atoms with Crippen LogP contribution in [0.3, 0.4) is 0 Å². The van der Waals surface area contributed by atoms with Crippen LogP contribution in [-0.4, -0.2) is 24.0 Å². The number of hydrogen-bond donors (Lipinski definition) is 1. The van der Waals surface area contributed by atoms with E-state index in [1.807, 2.05) is 0 Å². The molecule has 0 unspecified atom stereocenters. The summed E-state index contributed by atoms with van der Waals surface area (Å²) >= 11 is 0. The largest absolute Gasteiger partial charge is 0.356 e. The zero-order valence-electron chi connectivity index (χ0n) is 15.4. The van der Waals surface area contributed by atoms with E-state index in [2.05, 4.69) is 48.3 Å². The van der Waals surface area contributed by atoms with Crippen LogP contribution in [0.2, 0.25) is 0 Å². The smallest absolute Gasteiger partial charge is 0.259 e. The summed E-state index contributed by atoms with van der Waals surface area (Å²) in [5.74, 6) is 0.342. The number of carbonyl (C=O) groups is 1. The van der Waals surface area contributed by atoms with E-state index in [0.717, 1.165) is 32.4 Å². The highest BCUT2D eigenvalue weighted by Crippen LogP contribution is 2.33. The third-order valence-electron chi connectivity index (χ3n) is 4.83. The van der Waals surface area contributed by atoms with Gasteiger partial charge in [-0.2, -0.15) is 5.26 Å². The molecular weight excluding hydrogens is 312 g/mol. The second-order valence-electron chi connectivity index (χ2n) is 7.30. The summed E-state index contributed by atoms with van der Waals surface area (Å²) in [6.45, 7) is 15.4. The summed E-state index contributed by atoms with van der Waals surface area (Å²) in [5.41, 5.74) is 2.21. The summed E-state index contributed by atoms with van der Waals surface area (Å²) in [6, 6.07) is 2.11. The fourth-order valence-corrected chi connectivity index (χ4v) is 3.11. The number of amides is 1. The first kappa shape index (κ1) is 18.7. The maximum absolute atomic E-state index is 12.8. The second kappa shape index (κ2) is 7.52. The number of nitrogens with zero attached hydrogens (tertiary/aromatic N) is 3. The number of carbonyl (C=O) groups excluding carboxylic acids is 1. The maximum Gasteiger partial charge on any atom is 0.259 e. The van der Waals surface area contributed by atoms with Crippen molar-refractivity contribution in [1.82, 2.24) is 10.3 Å². The predicted molar refractivity (Wildman–Crippen MR) is 100 cm³/mol. The number of nitrogens with one attached hydrogen (secondary N) is 1. The van der Waals surface area contributed by atoms with Gasteiger partial charge in [-0.3, -0.25) is 4.79 Å². The average molecular weight is 338 g/mol. The Hall–Kier alpha value is -2.61. The number of rotatable bonds is 4. The number of allylic oxidation sites excluding steroid dienone is 1. The Morgan fingerprint density at radius 1 is 1.44 bits per heavy atom. The molecule has 0 spiro atoms. The van der Waals surface area contributed by atoms with Gasteiger partial charge in [0.05, 0.1) is 11.1 Å². The van der Waals surface area contributed by atoms with Gasteiger partial charge in [-0.1, -0.05) is 27.0 Å². The van der Waals surface area contributed by atoms with Gasteiger partial charge in [-0.05, 0) is 43.2 Å². The number of aromatic nitrogens is 1. The van der Waals surface area contributed by atoms with E-state index in [-0.39, 0.29) is 11.3 Å². The summed E-state index contributed by atoms with van der Waals surface area (Å²) in [6.07, 6.45) is 6.28. The SMILES string of the molecule is C=CC(=C)NC(=O)c1c(N2CCCC(C)(C)CC2)ncc(C#N)c1C. The van der Waals surface area contributed by atoms with Crippen molar-refractivity contribution in [3.8, 4) is 6.07 Å². The Bertz CT molecular complexity index is 743. The van der Waals surface area contributed by atoms with E-state index in [9.17, 15) is 10.1 Å². The molecule has 0 radical (unpaired) electrons. The Labute approximate surface area is 150 Å². The quantitative estimate of drug-likeness (QED) is 0.850. The van der Waals surface area contributed by atoms with E-state index >= 15 is 0 Å². The van der Waals surface area contributed by atoms with Crippen LogP contribution in [-0.2, 0) is 0 Å². The zero-order chi connectivity index (χ0) is 18.6. The van der Waals surface area contributed by atoms with Gasteiger partial charge >= 0.3 is 0 Å². The number of anilines is 1. The molecule has 5 nitrogen and oxygen atoms in total. The lowest BCUT2D eigenvalue weighted by atomic mass is 9.85. The first-order valence-electron chi connectivity index (χ1n) is 8.56. The number of nitriles is 1. The molecule has 1 aromatic rings. The third-order valence-corrected chi connectivity index (χ3v) is 4.83. The molecule has 132 valence electrons. The van der Waals surface area contributed by atoms with Gasteiger partial charge in [-0.25, -0.2) is 4.98 Å². The molecule has 0 aliphatic carbocycles. The van der Waals surface area contributed by atoms with Crippen molar-refractivity contribution in [2.24, 2.45) is 5.41 Å². The Morgan fingerprint density at radius 2 is 2.16 bits per heavy atom. The van der Waals surface area contributed by atoms with Gasteiger partial charge < -0.3 is 10.2 Å². The molecule has 1 fully saturated rings. The van der Waals surface area contributed by atoms with E-state index in [1.54, 1.807) is 13.1 Å². The molecule has 2 heterocycles. The predicted octanol–water partition coefficient (Wildman–Crippen LogP) is 3.71. The lowest BCUT2D eigenvalue weighted by molar-refractivity contribution is 0.0967. The van der Waals surface area contributed by atoms with E-state index in [4.69, 9.17) is 0 Å². The Balaban J connectivity index is 2.45. The van der Waals surface area contributed by atoms with Crippen LogP contribution in [0.4, 0.5) is 5.82 Å². The third kappa shape index (κ3) is 4.27. The molecule has 0 atom stereocenters. The normalized spacial score (nSPS) is 16.5. The highest BCUT2D eigenvalue weighted by Gasteiger charge is 2.27. The number of hydrogen-bond acceptors (Lipinski definition) is 4. The molecule has 0 aromatic carbocycles. The van der Waals surface area contributed by atoms with Gasteiger partial charge in [0.15, 0.2) is 0 Å². The van der Waals surface area contributed by atoms with Gasteiger partial charge in [0.2, 0.25) is 0 Å². The Morgan fingerprint density at radius 3 is 2.80 bits per heavy atom. The topological polar surface area (TPSA) is 69.0 Å². The second-order valence-corrected chi connectivity index (χ2v) is 7.30. The van der Waals surface area contributed by atoms with Crippen molar-refractivity contribution in [2.75, 3.05) is 18.0 Å². The molecule has 25 heavy (non-hydrogen) atoms. The van der Waals surface area contributed by atoms with Crippen LogP contribution in [0.5, 0.6) is 0 Å². The molecule has 0 bridgehead atoms. The lowest BCUT2D eigenvalue weighted by Crippen LogP contribution is -2.31. The minimum Gasteiger partial charge on any atom is -0.356 e. The van der Waals surface area contributed by atoms with Gasteiger partial charge in [0, 0.05) is 25.0 Å². The van der Waals surface area contributed by atoms with E-state index < -0.39 is 0 Å². The highest BCUT2D eigenvalue weighted by atomic mass is 16.1. The summed E-state index contributed by atoms with van der Waals surface area (Å²) in [5, 5.41) is 12.0. The standard InChI is InChI=1S/C20H26N4O/c1-6-14(2)23-19(25)17-15(3)16(12-21)13-22-18(17)24-10-7-8-20(4,5)9-11-24/h6,13H,1-2,7-11H2,3-5H3,(H,23,25). The van der Waals surface area contributed by atoms with Crippen LogP contribution < -0.4 is 10.2 Å². The molecule has 0 saturated carbocycles. The molecule has 1 aliphatic rings. The van der Waals surface area contributed by atoms with Crippen LogP contribution in [0.15, 0.2) is 31.1 Å². The van der Waals surface area contributed by atoms with Crippen LogP contribution >= 0.6 is 0 Å². The van der Waals surface area contributed by atoms with Crippen molar-refractivity contribution >= 4 is 11.7 Å². The van der Waals surface area contributed by atoms with Crippen LogP contribution in [0.1, 0.15) is 54.6 Å². The molecule has 1 N–H and O–H groups in total. The molecule has 2 rings (SSSR count). The van der Waals surface area contributed by atoms with Gasteiger partial charge in [-0.15, -0.1) is 0 Å². The first-order chi connectivity index (χ1) is 11.8. The molecular formula is C20H26N4O. The van der Waals surface area contributed by atoms with Crippen molar-refractivity contribution in [3.63, 3.8) is 0 Å². The fraction of sp³-hybridized carbons (Fsp3) is 0.450. The Kier molecular flexibility index (Phi) is 5.63. The van der Waals surface area contributed by atoms with Crippen LogP contribution in [0.25, 0.3) is 0 Å². The molecule has 1 saturated heterocycles. The van der Waals surface area contributed by atoms with Crippen molar-refractivity contribution in [3.05, 3.63) is 47.8 Å². The first-order valence-corrected chi connectivity index (χ1v) is 8.56. The minimum absolute atomic E-state index is 0.288. The van der Waals surface area contributed by atoms with E-state index in [0.29, 0.717) is 28.2 Å². The van der Waals surface area contributed by atoms with Crippen molar-refractivity contribution in [2.45, 2.75) is 40.0 Å². The molecule has 1 aliphatic heterocycles. The zero-order valence-corrected chi connectivity index (χ0v) is 15.4. The highest BCUT2D eigenvalue weighted by molar-refractivity contribution is 6.01. The van der Waals surface area contributed by atoms with Crippen molar-refractivity contribution < 1.29 is 4.79 Å². The molecule has 1 aromatic heterocycles. The fourth-order valence-electron chi connectivity index (χ4n) is 3.11. The lowest BCUT2D eigenvalue weighted by Gasteiger charge is -2.26. The summed E-state index contributed by atoms with van der Waals surface area (Å²) < 4.78 is 0. The summed E-state index contributed by atoms with van der Waals surface area (Å²) in [4.78, 5) is 19.4. The number of pyridine rings is 1. The molecule has 1 amide bonds. The monoisotopic (exact) mass is 338 g/mol. The van der Waals surface area contributed by atoms with Gasteiger partial charge in [0.1, 0.15) is 11.9 Å². The van der Waals surface area contributed by atoms with Crippen LogP contribution in [0, 0.1) is 23.7 Å². The van der Waals surface area contributed by atoms with Crippen molar-refractivity contribution in [1.29, 1.82) is 5.26 Å². The summed E-state index contributed by atoms with van der Waals surface area (Å²) in [7, 11) is 0.